The number of carbonyl (C=O) groups excluding carboxylic acids is 3. The van der Waals surface area contributed by atoms with Gasteiger partial charge in [-0.1, -0.05) is 24.3 Å². The van der Waals surface area contributed by atoms with Crippen LogP contribution in [0.1, 0.15) is 53.6 Å². The zero-order chi connectivity index (χ0) is 33.1. The first kappa shape index (κ1) is 33.7. The molecule has 4 atom stereocenters. The van der Waals surface area contributed by atoms with Crippen LogP contribution >= 0.6 is 11.3 Å². The number of hydrogen-bond acceptors (Lipinski definition) is 8. The number of fused-ring (bicyclic) bond motifs is 1. The maximum atomic E-state index is 15.6. The van der Waals surface area contributed by atoms with Gasteiger partial charge in [0.2, 0.25) is 5.91 Å². The van der Waals surface area contributed by atoms with Gasteiger partial charge in [0.05, 0.1) is 42.9 Å². The molecule has 9 nitrogen and oxygen atoms in total. The summed E-state index contributed by atoms with van der Waals surface area (Å²) in [5, 5.41) is 5.53. The monoisotopic (exact) mass is 665 g/mol. The fourth-order valence-corrected chi connectivity index (χ4v) is 8.34. The van der Waals surface area contributed by atoms with E-state index in [4.69, 9.17) is 14.2 Å². The van der Waals surface area contributed by atoms with Gasteiger partial charge in [0.25, 0.3) is 5.91 Å². The number of amides is 2. The summed E-state index contributed by atoms with van der Waals surface area (Å²) < 4.78 is 34.2. The minimum absolute atomic E-state index is 0.0398. The molecule has 252 valence electrons. The third kappa shape index (κ3) is 7.44. The van der Waals surface area contributed by atoms with Crippen LogP contribution in [0.2, 0.25) is 0 Å². The molecule has 2 aromatic carbocycles. The number of likely N-dealkylation sites (tertiary alicyclic amines) is 2. The van der Waals surface area contributed by atoms with Crippen LogP contribution in [0, 0.1) is 18.7 Å². The number of nitrogens with zero attached hydrogens (tertiary/aromatic N) is 2. The molecule has 3 fully saturated rings. The molecule has 3 aromatic rings. The van der Waals surface area contributed by atoms with Gasteiger partial charge in [-0.3, -0.25) is 14.5 Å². The van der Waals surface area contributed by atoms with Gasteiger partial charge in [0.15, 0.2) is 0 Å². The van der Waals surface area contributed by atoms with Crippen molar-refractivity contribution in [3.05, 3.63) is 64.3 Å². The first-order valence-corrected chi connectivity index (χ1v) is 17.4. The molecule has 1 unspecified atom stereocenters. The number of aryl methyl sites for hydroxylation is 1. The second-order valence-electron chi connectivity index (χ2n) is 13.1. The Morgan fingerprint density at radius 2 is 1.77 bits per heavy atom. The summed E-state index contributed by atoms with van der Waals surface area (Å²) in [5.74, 6) is -0.880. The van der Waals surface area contributed by atoms with Crippen LogP contribution in [0.3, 0.4) is 0 Å². The van der Waals surface area contributed by atoms with Crippen molar-refractivity contribution in [1.82, 2.24) is 9.80 Å². The summed E-state index contributed by atoms with van der Waals surface area (Å²) in [6, 6.07) is 10.6. The molecule has 2 aliphatic heterocycles. The molecule has 2 amide bonds. The van der Waals surface area contributed by atoms with Crippen molar-refractivity contribution in [2.45, 2.75) is 75.8 Å². The van der Waals surface area contributed by atoms with Crippen LogP contribution in [0.15, 0.2) is 41.8 Å². The van der Waals surface area contributed by atoms with E-state index in [0.29, 0.717) is 48.6 Å². The molecule has 1 N–H and O–H groups in total. The van der Waals surface area contributed by atoms with E-state index in [9.17, 15) is 14.4 Å². The number of rotatable bonds is 11. The van der Waals surface area contributed by atoms with Crippen LogP contribution in [0.5, 0.6) is 0 Å². The number of carbonyl (C=O) groups is 3. The highest BCUT2D eigenvalue weighted by molar-refractivity contribution is 7.17. The van der Waals surface area contributed by atoms with E-state index in [1.165, 1.54) is 17.4 Å². The van der Waals surface area contributed by atoms with E-state index in [1.807, 2.05) is 41.5 Å². The Morgan fingerprint density at radius 1 is 1.04 bits per heavy atom. The average molecular weight is 666 g/mol. The van der Waals surface area contributed by atoms with Gasteiger partial charge in [-0.2, -0.15) is 0 Å². The fourth-order valence-electron chi connectivity index (χ4n) is 7.40. The number of thiophene rings is 1. The van der Waals surface area contributed by atoms with Crippen molar-refractivity contribution >= 4 is 45.2 Å². The number of methoxy groups -OCH3 is 2. The standard InChI is InChI=1S/C36H44FN3O6S/c1-22-12-24(30(37)15-31(22)38-36(43)29-21-47-34-7-5-4-6-28(29)34)13-35(42)40-16-25(39-17-32(44-2)33(18-39)45-3)14-26(40)20-46-27-10-8-23(19-41)9-11-27/h4-7,12,15,19,21,23,25-27,32-33H,8-11,13-14,16-18,20H2,1-3H3,(H,38,43)/t23?,25-,26-,27?,32-,33?/m0/s1. The minimum Gasteiger partial charge on any atom is -0.377 e. The van der Waals surface area contributed by atoms with E-state index in [2.05, 4.69) is 10.2 Å². The quantitative estimate of drug-likeness (QED) is 0.280. The van der Waals surface area contributed by atoms with E-state index in [0.717, 1.165) is 48.5 Å². The Hall–Kier alpha value is -3.22. The lowest BCUT2D eigenvalue weighted by molar-refractivity contribution is -0.133. The maximum Gasteiger partial charge on any atom is 0.257 e. The Morgan fingerprint density at radius 3 is 2.47 bits per heavy atom. The first-order chi connectivity index (χ1) is 22.8. The van der Waals surface area contributed by atoms with Gasteiger partial charge in [0.1, 0.15) is 12.1 Å². The number of aldehydes is 1. The Labute approximate surface area is 279 Å². The van der Waals surface area contributed by atoms with Crippen LogP contribution in [0.4, 0.5) is 10.1 Å². The third-order valence-electron chi connectivity index (χ3n) is 10.2. The fraction of sp³-hybridized carbons (Fsp3) is 0.528. The topological polar surface area (TPSA) is 97.4 Å². The van der Waals surface area contributed by atoms with E-state index < -0.39 is 5.82 Å². The van der Waals surface area contributed by atoms with Gasteiger partial charge in [0, 0.05) is 67.0 Å². The number of halogens is 1. The van der Waals surface area contributed by atoms with Crippen molar-refractivity contribution < 1.29 is 33.0 Å². The number of ether oxygens (including phenoxy) is 3. The SMILES string of the molecule is COC1CN([C@H]2C[C@@H](COC3CCC(C=O)CC3)N(C(=O)Cc3cc(C)c(NC(=O)c4csc5ccccc45)cc3F)C2)C[C@@H]1OC. The molecule has 1 saturated carbocycles. The summed E-state index contributed by atoms with van der Waals surface area (Å²) in [4.78, 5) is 42.4. The highest BCUT2D eigenvalue weighted by Gasteiger charge is 2.43. The second-order valence-corrected chi connectivity index (χ2v) is 14.0. The molecule has 0 spiro atoms. The van der Waals surface area contributed by atoms with Gasteiger partial charge in [-0.25, -0.2) is 4.39 Å². The van der Waals surface area contributed by atoms with Crippen molar-refractivity contribution in [1.29, 1.82) is 0 Å². The zero-order valence-electron chi connectivity index (χ0n) is 27.3. The molecule has 6 rings (SSSR count). The zero-order valence-corrected chi connectivity index (χ0v) is 28.1. The van der Waals surface area contributed by atoms with E-state index in [1.54, 1.807) is 20.3 Å². The van der Waals surface area contributed by atoms with Crippen LogP contribution < -0.4 is 5.32 Å². The lowest BCUT2D eigenvalue weighted by atomic mass is 9.88. The molecule has 47 heavy (non-hydrogen) atoms. The van der Waals surface area contributed by atoms with Crippen LogP contribution in [-0.2, 0) is 30.2 Å². The maximum absolute atomic E-state index is 15.6. The van der Waals surface area contributed by atoms with Gasteiger partial charge < -0.3 is 29.2 Å². The summed E-state index contributed by atoms with van der Waals surface area (Å²) >= 11 is 1.49. The smallest absolute Gasteiger partial charge is 0.257 e. The van der Waals surface area contributed by atoms with Crippen molar-refractivity contribution in [2.24, 2.45) is 5.92 Å². The Kier molecular flexibility index (Phi) is 10.7. The van der Waals surface area contributed by atoms with E-state index >= 15 is 4.39 Å². The molecule has 1 aliphatic carbocycles. The average Bonchev–Trinajstić information content (AvgIpc) is 3.83. The molecule has 3 heterocycles. The minimum atomic E-state index is -0.532. The molecule has 0 bridgehead atoms. The lowest BCUT2D eigenvalue weighted by Crippen LogP contribution is -2.41. The summed E-state index contributed by atoms with van der Waals surface area (Å²) in [6.07, 6.45) is 5.00. The molecule has 2 saturated heterocycles. The normalized spacial score (nSPS) is 26.6. The van der Waals surface area contributed by atoms with Crippen molar-refractivity contribution in [2.75, 3.05) is 45.8 Å². The number of nitrogens with one attached hydrogen (secondary N) is 1. The van der Waals surface area contributed by atoms with Crippen molar-refractivity contribution in [3.63, 3.8) is 0 Å². The summed E-state index contributed by atoms with van der Waals surface area (Å²) in [6.45, 7) is 4.15. The molecular weight excluding hydrogens is 621 g/mol. The molecule has 0 radical (unpaired) electrons. The predicted octanol–water partition coefficient (Wildman–Crippen LogP) is 5.23. The Bertz CT molecular complexity index is 1580. The third-order valence-corrected chi connectivity index (χ3v) is 11.2. The highest BCUT2D eigenvalue weighted by Crippen LogP contribution is 2.32. The summed E-state index contributed by atoms with van der Waals surface area (Å²) in [7, 11) is 3.38. The number of hydrogen-bond donors (Lipinski definition) is 1. The van der Waals surface area contributed by atoms with Gasteiger partial charge >= 0.3 is 0 Å². The number of benzene rings is 2. The predicted molar refractivity (Wildman–Crippen MR) is 179 cm³/mol. The van der Waals surface area contributed by atoms with Gasteiger partial charge in [-0.05, 0) is 62.3 Å². The molecule has 1 aromatic heterocycles. The molecular formula is C36H44FN3O6S. The van der Waals surface area contributed by atoms with Crippen LogP contribution in [0.25, 0.3) is 10.1 Å². The van der Waals surface area contributed by atoms with Crippen molar-refractivity contribution in [3.8, 4) is 0 Å². The second kappa shape index (κ2) is 14.9. The lowest BCUT2D eigenvalue weighted by Gasteiger charge is -2.29. The molecule has 11 heteroatoms. The largest absolute Gasteiger partial charge is 0.377 e. The number of anilines is 1. The van der Waals surface area contributed by atoms with Crippen LogP contribution in [-0.4, -0.2) is 98.8 Å². The summed E-state index contributed by atoms with van der Waals surface area (Å²) in [5.41, 5.74) is 1.90. The first-order valence-electron chi connectivity index (χ1n) is 16.5. The Balaban J connectivity index is 1.14. The van der Waals surface area contributed by atoms with E-state index in [-0.39, 0.29) is 54.5 Å². The highest BCUT2D eigenvalue weighted by atomic mass is 32.1. The molecule has 3 aliphatic rings. The van der Waals surface area contributed by atoms with Gasteiger partial charge in [-0.15, -0.1) is 11.3 Å².